The van der Waals surface area contributed by atoms with E-state index in [0.29, 0.717) is 48.1 Å². The van der Waals surface area contributed by atoms with E-state index >= 15 is 0 Å². The Bertz CT molecular complexity index is 1150. The fourth-order valence-electron chi connectivity index (χ4n) is 3.95. The van der Waals surface area contributed by atoms with Crippen LogP contribution in [-0.2, 0) is 4.79 Å². The maximum atomic E-state index is 12.4. The predicted octanol–water partition coefficient (Wildman–Crippen LogP) is 3.72. The van der Waals surface area contributed by atoms with Gasteiger partial charge in [-0.25, -0.2) is 0 Å². The average molecular weight is 487 g/mol. The molecule has 1 amide bonds. The summed E-state index contributed by atoms with van der Waals surface area (Å²) >= 11 is 0. The molecule has 0 bridgehead atoms. The lowest BCUT2D eigenvalue weighted by molar-refractivity contribution is -0.127. The number of hydrogen-bond donors (Lipinski definition) is 4. The highest BCUT2D eigenvalue weighted by Gasteiger charge is 2.24. The third-order valence-electron chi connectivity index (χ3n) is 5.66. The highest BCUT2D eigenvalue weighted by Crippen LogP contribution is 2.23. The number of nitrogens with one attached hydrogen (secondary N) is 2. The summed E-state index contributed by atoms with van der Waals surface area (Å²) < 4.78 is 5.86. The highest BCUT2D eigenvalue weighted by atomic mass is 16.5. The van der Waals surface area contributed by atoms with Crippen LogP contribution in [0.4, 0.5) is 0 Å². The second-order valence-corrected chi connectivity index (χ2v) is 8.42. The van der Waals surface area contributed by atoms with Crippen LogP contribution in [0.15, 0.2) is 95.8 Å². The van der Waals surface area contributed by atoms with Gasteiger partial charge in [-0.3, -0.25) is 15.2 Å². The van der Waals surface area contributed by atoms with E-state index in [1.165, 1.54) is 12.3 Å². The number of benzene rings is 2. The summed E-state index contributed by atoms with van der Waals surface area (Å²) in [5.41, 5.74) is 13.5. The predicted molar refractivity (Wildman–Crippen MR) is 145 cm³/mol. The minimum absolute atomic E-state index is 0.0742. The first-order chi connectivity index (χ1) is 17.4. The quantitative estimate of drug-likeness (QED) is 0.244. The van der Waals surface area contributed by atoms with Gasteiger partial charge in [0, 0.05) is 37.0 Å². The number of carbonyl (C=O) groups is 1. The average Bonchev–Trinajstić information content (AvgIpc) is 2.88. The van der Waals surface area contributed by atoms with Crippen molar-refractivity contribution in [3.8, 4) is 11.5 Å². The first-order valence-corrected chi connectivity index (χ1v) is 11.9. The van der Waals surface area contributed by atoms with Gasteiger partial charge in [0.15, 0.2) is 0 Å². The molecule has 1 unspecified atom stereocenters. The molecule has 0 saturated carbocycles. The van der Waals surface area contributed by atoms with E-state index in [4.69, 9.17) is 26.6 Å². The molecule has 0 radical (unpaired) electrons. The Balaban J connectivity index is 1.81. The van der Waals surface area contributed by atoms with E-state index in [1.54, 1.807) is 17.9 Å². The zero-order chi connectivity index (χ0) is 25.9. The van der Waals surface area contributed by atoms with Crippen molar-refractivity contribution >= 4 is 17.5 Å². The van der Waals surface area contributed by atoms with E-state index < -0.39 is 0 Å². The van der Waals surface area contributed by atoms with E-state index in [9.17, 15) is 4.79 Å². The summed E-state index contributed by atoms with van der Waals surface area (Å²) in [5, 5.41) is 12.0. The minimum atomic E-state index is -0.139. The van der Waals surface area contributed by atoms with Gasteiger partial charge in [0.2, 0.25) is 5.91 Å². The van der Waals surface area contributed by atoms with Crippen LogP contribution < -0.4 is 21.5 Å². The smallest absolute Gasteiger partial charge is 0.246 e. The van der Waals surface area contributed by atoms with Gasteiger partial charge in [0.1, 0.15) is 17.3 Å². The maximum Gasteiger partial charge on any atom is 0.246 e. The van der Waals surface area contributed by atoms with Crippen LogP contribution in [0.25, 0.3) is 0 Å². The molecule has 0 aromatic heterocycles. The molecule has 1 fully saturated rings. The number of aliphatic imine (C=N–C) groups is 1. The largest absolute Gasteiger partial charge is 0.457 e. The van der Waals surface area contributed by atoms with Crippen LogP contribution in [0.5, 0.6) is 11.5 Å². The summed E-state index contributed by atoms with van der Waals surface area (Å²) in [6.45, 7) is 6.98. The van der Waals surface area contributed by atoms with Crippen LogP contribution in [0.3, 0.4) is 0 Å². The molecular formula is C28H34N6O2. The number of para-hydroxylation sites is 1. The fourth-order valence-corrected chi connectivity index (χ4v) is 3.95. The zero-order valence-corrected chi connectivity index (χ0v) is 20.6. The molecule has 2 aromatic rings. The molecule has 6 N–H and O–H groups in total. The molecule has 1 saturated heterocycles. The van der Waals surface area contributed by atoms with Crippen LogP contribution in [0.1, 0.15) is 25.3 Å². The summed E-state index contributed by atoms with van der Waals surface area (Å²) in [5.74, 6) is 1.79. The van der Waals surface area contributed by atoms with Crippen molar-refractivity contribution in [2.75, 3.05) is 19.6 Å². The van der Waals surface area contributed by atoms with E-state index in [2.05, 4.69) is 11.9 Å². The zero-order valence-electron chi connectivity index (χ0n) is 20.6. The number of nitrogens with zero attached hydrogens (tertiary/aromatic N) is 2. The lowest BCUT2D eigenvalue weighted by atomic mass is 9.99. The number of amidine groups is 1. The summed E-state index contributed by atoms with van der Waals surface area (Å²) in [6, 6.07) is 16.6. The van der Waals surface area contributed by atoms with Crippen molar-refractivity contribution in [1.29, 1.82) is 5.41 Å². The number of carbonyl (C=O) groups excluding carboxylic acids is 1. The lowest BCUT2D eigenvalue weighted by Crippen LogP contribution is -2.42. The molecule has 8 nitrogen and oxygen atoms in total. The Hall–Kier alpha value is -4.17. The third kappa shape index (κ3) is 7.16. The Kier molecular flexibility index (Phi) is 9.59. The molecule has 36 heavy (non-hydrogen) atoms. The van der Waals surface area contributed by atoms with Gasteiger partial charge >= 0.3 is 0 Å². The van der Waals surface area contributed by atoms with Crippen molar-refractivity contribution < 1.29 is 9.53 Å². The van der Waals surface area contributed by atoms with Gasteiger partial charge < -0.3 is 26.4 Å². The van der Waals surface area contributed by atoms with Gasteiger partial charge in [-0.2, -0.15) is 0 Å². The van der Waals surface area contributed by atoms with Crippen molar-refractivity contribution in [1.82, 2.24) is 10.2 Å². The molecule has 1 aliphatic heterocycles. The standard InChI is InChI=1S/C28H34N6O2/c1-3-32-28(33-22-9-8-18-34(19-22)25(35)12-7-17-29)26(20(2)30)27(31)21-13-15-24(16-14-21)36-23-10-5-4-6-11-23/h3-7,10-16,22,31H,1,8-9,17-19,29-30H2,2H3,(H,32,33)/b12-7+,26-20+,31-27?. The van der Waals surface area contributed by atoms with Crippen molar-refractivity contribution in [3.05, 3.63) is 96.4 Å². The Labute approximate surface area is 212 Å². The van der Waals surface area contributed by atoms with Crippen LogP contribution in [0, 0.1) is 5.41 Å². The molecule has 1 heterocycles. The number of likely N-dealkylation sites (tertiary alicyclic amines) is 1. The van der Waals surface area contributed by atoms with Crippen LogP contribution >= 0.6 is 0 Å². The minimum Gasteiger partial charge on any atom is -0.457 e. The van der Waals surface area contributed by atoms with Crippen molar-refractivity contribution in [2.24, 2.45) is 16.5 Å². The molecule has 3 rings (SSSR count). The van der Waals surface area contributed by atoms with Crippen molar-refractivity contribution in [2.45, 2.75) is 25.8 Å². The molecule has 188 valence electrons. The normalized spacial score (nSPS) is 16.9. The van der Waals surface area contributed by atoms with Gasteiger partial charge in [0.05, 0.1) is 17.3 Å². The number of ether oxygens (including phenoxy) is 1. The Morgan fingerprint density at radius 2 is 1.92 bits per heavy atom. The molecular weight excluding hydrogens is 452 g/mol. The van der Waals surface area contributed by atoms with Crippen LogP contribution in [0.2, 0.25) is 0 Å². The van der Waals surface area contributed by atoms with E-state index in [-0.39, 0.29) is 17.7 Å². The number of nitrogens with two attached hydrogens (primary N) is 2. The molecule has 0 spiro atoms. The Morgan fingerprint density at radius 1 is 1.22 bits per heavy atom. The van der Waals surface area contributed by atoms with Gasteiger partial charge in [-0.15, -0.1) is 0 Å². The maximum absolute atomic E-state index is 12.4. The second-order valence-electron chi connectivity index (χ2n) is 8.42. The molecule has 2 aromatic carbocycles. The molecule has 1 atom stereocenters. The summed E-state index contributed by atoms with van der Waals surface area (Å²) in [6.07, 6.45) is 6.32. The number of hydrogen-bond acceptors (Lipinski definition) is 6. The summed E-state index contributed by atoms with van der Waals surface area (Å²) in [4.78, 5) is 19.1. The lowest BCUT2D eigenvalue weighted by Gasteiger charge is -2.30. The Morgan fingerprint density at radius 3 is 2.56 bits per heavy atom. The fraction of sp³-hybridized carbons (Fsp3) is 0.250. The summed E-state index contributed by atoms with van der Waals surface area (Å²) in [7, 11) is 0. The van der Waals surface area contributed by atoms with Gasteiger partial charge in [0.25, 0.3) is 0 Å². The van der Waals surface area contributed by atoms with Gasteiger partial charge in [-0.05, 0) is 62.4 Å². The SMILES string of the molecule is C=CNC(=NC1CCCN(C(=O)/C=C/CN)C1)/C(C(=N)c1ccc(Oc2ccccc2)cc1)=C(\C)N. The number of allylic oxidation sites excluding steroid dienone is 1. The molecule has 8 heteroatoms. The van der Waals surface area contributed by atoms with E-state index in [1.807, 2.05) is 54.6 Å². The first-order valence-electron chi connectivity index (χ1n) is 11.9. The first kappa shape index (κ1) is 26.4. The highest BCUT2D eigenvalue weighted by molar-refractivity contribution is 6.29. The van der Waals surface area contributed by atoms with E-state index in [0.717, 1.165) is 18.6 Å². The molecule has 0 aliphatic carbocycles. The monoisotopic (exact) mass is 486 g/mol. The topological polar surface area (TPSA) is 130 Å². The van der Waals surface area contributed by atoms with Crippen LogP contribution in [-0.4, -0.2) is 48.0 Å². The number of piperidine rings is 1. The third-order valence-corrected chi connectivity index (χ3v) is 5.66. The number of rotatable bonds is 9. The second kappa shape index (κ2) is 13.1. The number of amides is 1. The molecule has 1 aliphatic rings. The van der Waals surface area contributed by atoms with Gasteiger partial charge in [-0.1, -0.05) is 30.9 Å². The van der Waals surface area contributed by atoms with Crippen molar-refractivity contribution in [3.63, 3.8) is 0 Å².